The summed E-state index contributed by atoms with van der Waals surface area (Å²) >= 11 is 0. The Morgan fingerprint density at radius 1 is 1.20 bits per heavy atom. The fraction of sp³-hybridized carbons (Fsp3) is 0.545. The highest BCUT2D eigenvalue weighted by molar-refractivity contribution is 7.73. The normalized spacial score (nSPS) is 26.5. The molecule has 0 bridgehead atoms. The number of ether oxygens (including phenoxy) is 1. The molecule has 7 N–H and O–H groups in total. The molecule has 1 aliphatic heterocycles. The van der Waals surface area contributed by atoms with Gasteiger partial charge in [0, 0.05) is 6.42 Å². The molecule has 19 heteroatoms. The van der Waals surface area contributed by atoms with Crippen LogP contribution in [0.1, 0.15) is 12.6 Å². The molecule has 16 nitrogen and oxygen atoms in total. The van der Waals surface area contributed by atoms with Crippen LogP contribution in [0.5, 0.6) is 0 Å². The second kappa shape index (κ2) is 8.34. The summed E-state index contributed by atoms with van der Waals surface area (Å²) in [6, 6.07) is 0. The van der Waals surface area contributed by atoms with Crippen molar-refractivity contribution in [2.45, 2.75) is 24.9 Å². The van der Waals surface area contributed by atoms with Gasteiger partial charge >= 0.3 is 23.0 Å². The lowest BCUT2D eigenvalue weighted by molar-refractivity contribution is -0.0421. The van der Waals surface area contributed by atoms with Crippen LogP contribution in [0.4, 0.5) is 5.82 Å². The van der Waals surface area contributed by atoms with E-state index in [0.717, 1.165) is 0 Å². The Morgan fingerprint density at radius 2 is 1.90 bits per heavy atom. The average molecular weight is 489 g/mol. The third-order valence-corrected chi connectivity index (χ3v) is 9.12. The summed E-state index contributed by atoms with van der Waals surface area (Å²) < 4.78 is 49.8. The molecule has 2 aromatic heterocycles. The van der Waals surface area contributed by atoms with Gasteiger partial charge in [-0.05, 0) is 0 Å². The predicted molar refractivity (Wildman–Crippen MR) is 97.9 cm³/mol. The van der Waals surface area contributed by atoms with E-state index in [1.807, 2.05) is 0 Å². The van der Waals surface area contributed by atoms with Crippen molar-refractivity contribution in [3.8, 4) is 0 Å². The Morgan fingerprint density at radius 3 is 2.57 bits per heavy atom. The van der Waals surface area contributed by atoms with Gasteiger partial charge in [0.2, 0.25) is 0 Å². The fourth-order valence-electron chi connectivity index (χ4n) is 2.73. The van der Waals surface area contributed by atoms with E-state index >= 15 is 0 Å². The quantitative estimate of drug-likeness (QED) is 0.256. The van der Waals surface area contributed by atoms with Crippen molar-refractivity contribution < 1.29 is 51.9 Å². The molecule has 2 aromatic rings. The highest BCUT2D eigenvalue weighted by atomic mass is 31.3. The molecule has 30 heavy (non-hydrogen) atoms. The second-order valence-electron chi connectivity index (χ2n) is 6.30. The van der Waals surface area contributed by atoms with Gasteiger partial charge in [-0.2, -0.15) is 0 Å². The Bertz CT molecular complexity index is 1070. The van der Waals surface area contributed by atoms with Gasteiger partial charge in [-0.1, -0.05) is 0 Å². The van der Waals surface area contributed by atoms with Crippen LogP contribution in [-0.2, 0) is 27.3 Å². The summed E-state index contributed by atoms with van der Waals surface area (Å²) in [5.41, 5.74) is 6.35. The maximum atomic E-state index is 11.8. The van der Waals surface area contributed by atoms with Crippen molar-refractivity contribution in [3.63, 3.8) is 0 Å². The third-order valence-electron chi connectivity index (χ3n) is 3.90. The van der Waals surface area contributed by atoms with Crippen molar-refractivity contribution in [1.82, 2.24) is 19.5 Å². The molecule has 0 amide bonds. The Balaban J connectivity index is 1.64. The number of rotatable bonds is 8. The van der Waals surface area contributed by atoms with E-state index in [1.54, 1.807) is 0 Å². The number of aliphatic hydroxyl groups is 1. The van der Waals surface area contributed by atoms with Gasteiger partial charge in [0.15, 0.2) is 17.4 Å². The summed E-state index contributed by atoms with van der Waals surface area (Å²) in [6.07, 6.45) is -0.493. The number of aliphatic hydroxyl groups excluding tert-OH is 1. The highest BCUT2D eigenvalue weighted by Gasteiger charge is 2.42. The molecular weight excluding hydrogens is 471 g/mol. The molecule has 0 aliphatic carbocycles. The summed E-state index contributed by atoms with van der Waals surface area (Å²) in [5.74, 6) is -1.53. The number of nitrogen functional groups attached to an aromatic ring is 1. The summed E-state index contributed by atoms with van der Waals surface area (Å²) in [4.78, 5) is 48.2. The monoisotopic (exact) mass is 489 g/mol. The zero-order chi connectivity index (χ0) is 22.3. The van der Waals surface area contributed by atoms with Gasteiger partial charge in [-0.3, -0.25) is 18.2 Å². The lowest BCUT2D eigenvalue weighted by Crippen LogP contribution is -2.26. The number of nitrogens with zero attached hydrogens (tertiary/aromatic N) is 4. The molecular formula is C11H18N5O11P3. The SMILES string of the molecule is Nc1ncnc2c1ncn2[C@H]1C[C@H](O)[C@@H](COP(=O)(O)OP(=O)(O)CP(=O)(O)O)O1. The molecule has 3 rings (SSSR count). The number of hydrogen-bond donors (Lipinski definition) is 6. The third kappa shape index (κ3) is 5.69. The molecule has 0 aromatic carbocycles. The zero-order valence-corrected chi connectivity index (χ0v) is 17.6. The maximum absolute atomic E-state index is 11.8. The van der Waals surface area contributed by atoms with E-state index < -0.39 is 54.0 Å². The van der Waals surface area contributed by atoms with E-state index in [9.17, 15) is 28.6 Å². The second-order valence-corrected chi connectivity index (χ2v) is 11.9. The molecule has 0 radical (unpaired) electrons. The number of aromatic nitrogens is 4. The molecule has 1 aliphatic rings. The summed E-state index contributed by atoms with van der Waals surface area (Å²) in [5, 5.41) is 10.2. The van der Waals surface area contributed by atoms with E-state index in [1.165, 1.54) is 17.2 Å². The van der Waals surface area contributed by atoms with Crippen LogP contribution < -0.4 is 5.73 Å². The molecule has 0 spiro atoms. The van der Waals surface area contributed by atoms with Crippen LogP contribution in [0.25, 0.3) is 11.2 Å². The number of hydrogen-bond acceptors (Lipinski definition) is 11. The Hall–Kier alpha value is -1.28. The van der Waals surface area contributed by atoms with Crippen LogP contribution in [0.15, 0.2) is 12.7 Å². The van der Waals surface area contributed by atoms with Crippen molar-refractivity contribution in [1.29, 1.82) is 0 Å². The summed E-state index contributed by atoms with van der Waals surface area (Å²) in [7, 11) is -15.3. The van der Waals surface area contributed by atoms with Gasteiger partial charge in [0.1, 0.15) is 24.2 Å². The molecule has 0 saturated carbocycles. The van der Waals surface area contributed by atoms with Gasteiger partial charge in [-0.25, -0.2) is 23.8 Å². The van der Waals surface area contributed by atoms with Crippen LogP contribution in [0, 0.1) is 0 Å². The van der Waals surface area contributed by atoms with Gasteiger partial charge in [-0.15, -0.1) is 0 Å². The van der Waals surface area contributed by atoms with E-state index in [4.69, 9.17) is 20.3 Å². The number of phosphoric ester groups is 1. The molecule has 2 unspecified atom stereocenters. The minimum absolute atomic E-state index is 0.0245. The fourth-order valence-corrected chi connectivity index (χ4v) is 7.08. The maximum Gasteiger partial charge on any atom is 0.479 e. The van der Waals surface area contributed by atoms with Gasteiger partial charge in [0.25, 0.3) is 0 Å². The van der Waals surface area contributed by atoms with E-state index in [-0.39, 0.29) is 12.2 Å². The molecule has 5 atom stereocenters. The van der Waals surface area contributed by atoms with Crippen LogP contribution in [0.3, 0.4) is 0 Å². The number of fused-ring (bicyclic) bond motifs is 1. The molecule has 3 heterocycles. The number of phosphoric acid groups is 1. The number of nitrogens with two attached hydrogens (primary N) is 1. The summed E-state index contributed by atoms with van der Waals surface area (Å²) in [6.45, 7) is -0.731. The lowest BCUT2D eigenvalue weighted by atomic mass is 10.2. The van der Waals surface area contributed by atoms with E-state index in [2.05, 4.69) is 23.8 Å². The topological polar surface area (TPSA) is 250 Å². The van der Waals surface area contributed by atoms with E-state index in [0.29, 0.717) is 11.2 Å². The first-order valence-corrected chi connectivity index (χ1v) is 13.1. The minimum Gasteiger partial charge on any atom is -0.390 e. The molecule has 168 valence electrons. The predicted octanol–water partition coefficient (Wildman–Crippen LogP) is -0.489. The molecule has 1 fully saturated rings. The molecule has 1 saturated heterocycles. The van der Waals surface area contributed by atoms with Crippen molar-refractivity contribution >= 4 is 40.0 Å². The van der Waals surface area contributed by atoms with Crippen LogP contribution >= 0.6 is 23.0 Å². The number of anilines is 1. The smallest absolute Gasteiger partial charge is 0.390 e. The van der Waals surface area contributed by atoms with Gasteiger partial charge < -0.3 is 35.2 Å². The largest absolute Gasteiger partial charge is 0.479 e. The van der Waals surface area contributed by atoms with Crippen LogP contribution in [0.2, 0.25) is 0 Å². The lowest BCUT2D eigenvalue weighted by Gasteiger charge is -2.19. The van der Waals surface area contributed by atoms with Crippen molar-refractivity contribution in [2.24, 2.45) is 0 Å². The van der Waals surface area contributed by atoms with Gasteiger partial charge in [0.05, 0.1) is 19.0 Å². The minimum atomic E-state index is -5.21. The first-order valence-electron chi connectivity index (χ1n) is 8.08. The zero-order valence-electron chi connectivity index (χ0n) is 14.9. The van der Waals surface area contributed by atoms with Crippen LogP contribution in [-0.4, -0.2) is 68.9 Å². The van der Waals surface area contributed by atoms with Crippen molar-refractivity contribution in [2.75, 3.05) is 18.2 Å². The Labute approximate surface area is 168 Å². The van der Waals surface area contributed by atoms with Crippen molar-refractivity contribution in [3.05, 3.63) is 12.7 Å². The number of imidazole rings is 1. The Kier molecular flexibility index (Phi) is 6.50. The first kappa shape index (κ1) is 23.4. The standard InChI is InChI=1S/C11H18N5O11P3/c12-10-9-11(14-3-13-10)16(4-15-9)8-1-6(17)7(26-8)2-25-30(23,24)27-29(21,22)5-28(18,19)20/h3-4,6-8,17H,1-2,5H2,(H,21,22)(H,23,24)(H2,12,13,14)(H2,18,19,20)/t6-,7+,8+/m0/s1. The first-order chi connectivity index (χ1) is 13.8. The average Bonchev–Trinajstić information content (AvgIpc) is 3.14. The highest BCUT2D eigenvalue weighted by Crippen LogP contribution is 2.65.